The monoisotopic (exact) mass is 905 g/mol. The molecule has 1 aromatic heterocycles. The average molecular weight is 906 g/mol. The van der Waals surface area contributed by atoms with Crippen molar-refractivity contribution in [3.63, 3.8) is 0 Å². The van der Waals surface area contributed by atoms with E-state index in [1.807, 2.05) is 41.1 Å². The molecule has 18 heteroatoms. The van der Waals surface area contributed by atoms with Crippen LogP contribution < -0.4 is 26.2 Å². The number of carbonyl (C=O) groups excluding carboxylic acids is 5. The second-order valence-electron chi connectivity index (χ2n) is 18.9. The summed E-state index contributed by atoms with van der Waals surface area (Å²) in [6.45, 7) is 7.65. The van der Waals surface area contributed by atoms with Gasteiger partial charge in [-0.3, -0.25) is 29.4 Å². The van der Waals surface area contributed by atoms with Crippen molar-refractivity contribution in [2.24, 2.45) is 11.1 Å². The van der Waals surface area contributed by atoms with Crippen LogP contribution >= 0.6 is 0 Å². The second-order valence-corrected chi connectivity index (χ2v) is 18.9. The van der Waals surface area contributed by atoms with Crippen LogP contribution in [-0.2, 0) is 32.1 Å². The summed E-state index contributed by atoms with van der Waals surface area (Å²) in [7, 11) is 1.83. The Bertz CT molecular complexity index is 2290. The first-order valence-corrected chi connectivity index (χ1v) is 23.7. The Labute approximate surface area is 385 Å². The number of carbonyl (C=O) groups is 5. The Hall–Kier alpha value is -5.85. The number of nitrogens with zero attached hydrogens (tertiary/aromatic N) is 8. The highest BCUT2D eigenvalue weighted by molar-refractivity contribution is 6.00. The molecule has 66 heavy (non-hydrogen) atoms. The van der Waals surface area contributed by atoms with E-state index in [1.165, 1.54) is 0 Å². The van der Waals surface area contributed by atoms with E-state index in [0.717, 1.165) is 125 Å². The van der Waals surface area contributed by atoms with Gasteiger partial charge in [0.15, 0.2) is 11.5 Å². The number of rotatable bonds is 14. The quantitative estimate of drug-likeness (QED) is 0.135. The zero-order valence-corrected chi connectivity index (χ0v) is 38.0. The standard InChI is InChI=1S/C48H63N11O7/c1-54-25-26-58(47(54)65)35-7-3-20-57(30-35)39-29-50-42(43(49)62)44(52-39)51-33-9-11-34(12-10-33)55-21-16-48(17-22-55)18-23-56(24-19-48)41(61)15-28-66-27-4-6-32-5-2-8-36-37(32)31-59(46(36)64)38-13-14-40(60)53-45(38)63/h2,5,8-12,29,35,38,46,64H,3-4,6-7,13-28,30-31H2,1H3,(H2,49,62)(H,51,52)(H,53,60,63)/t35-,38?,46?/m1/s1. The number of fused-ring (bicyclic) bond motifs is 1. The third-order valence-electron chi connectivity index (χ3n) is 14.9. The normalized spacial score (nSPS) is 23.4. The molecule has 7 heterocycles. The van der Waals surface area contributed by atoms with E-state index < -0.39 is 18.2 Å². The van der Waals surface area contributed by atoms with E-state index >= 15 is 0 Å². The average Bonchev–Trinajstić information content (AvgIpc) is 3.85. The van der Waals surface area contributed by atoms with Crippen LogP contribution in [0.1, 0.15) is 97.6 Å². The Morgan fingerprint density at radius 1 is 0.939 bits per heavy atom. The van der Waals surface area contributed by atoms with E-state index in [1.54, 1.807) is 16.0 Å². The van der Waals surface area contributed by atoms with E-state index in [2.05, 4.69) is 43.6 Å². The van der Waals surface area contributed by atoms with Gasteiger partial charge in [-0.2, -0.15) is 0 Å². The van der Waals surface area contributed by atoms with Gasteiger partial charge in [-0.25, -0.2) is 14.8 Å². The van der Waals surface area contributed by atoms with Crippen LogP contribution in [0.3, 0.4) is 0 Å². The van der Waals surface area contributed by atoms with Crippen molar-refractivity contribution in [1.29, 1.82) is 0 Å². The van der Waals surface area contributed by atoms with Crippen molar-refractivity contribution in [1.82, 2.24) is 34.9 Å². The number of amides is 6. The minimum Gasteiger partial charge on any atom is -0.381 e. The number of aryl methyl sites for hydroxylation is 1. The van der Waals surface area contributed by atoms with E-state index in [4.69, 9.17) is 15.5 Å². The number of hydrogen-bond acceptors (Lipinski definition) is 13. The molecule has 6 amide bonds. The number of nitrogens with two attached hydrogens (primary N) is 1. The molecule has 5 saturated heterocycles. The Kier molecular flexibility index (Phi) is 13.4. The maximum atomic E-state index is 13.2. The molecule has 2 aromatic carbocycles. The molecular formula is C48H63N11O7. The maximum absolute atomic E-state index is 13.2. The highest BCUT2D eigenvalue weighted by atomic mass is 16.5. The van der Waals surface area contributed by atoms with Crippen molar-refractivity contribution < 1.29 is 33.8 Å². The number of ether oxygens (including phenoxy) is 1. The summed E-state index contributed by atoms with van der Waals surface area (Å²) < 4.78 is 5.92. The van der Waals surface area contributed by atoms with Crippen LogP contribution in [0.5, 0.6) is 0 Å². The summed E-state index contributed by atoms with van der Waals surface area (Å²) >= 11 is 0. The molecule has 0 saturated carbocycles. The highest BCUT2D eigenvalue weighted by Crippen LogP contribution is 2.43. The Morgan fingerprint density at radius 3 is 2.44 bits per heavy atom. The number of imide groups is 1. The number of nitrogens with one attached hydrogen (secondary N) is 2. The SMILES string of the molecule is CN1CCN([C@@H]2CCCN(c3cnc(C(N)=O)c(Nc4ccc(N5CCC6(CCN(C(=O)CCOCCCc7cccc8c7CN(C7CCC(=O)NC7=O)C8O)CC6)CC5)cc4)n3)C2)C1=O. The van der Waals surface area contributed by atoms with Crippen molar-refractivity contribution in [2.45, 2.75) is 95.5 Å². The fourth-order valence-electron chi connectivity index (χ4n) is 10.9. The molecule has 0 aliphatic carbocycles. The van der Waals surface area contributed by atoms with Gasteiger partial charge in [0.25, 0.3) is 5.91 Å². The first-order chi connectivity index (χ1) is 31.9. The van der Waals surface area contributed by atoms with Crippen molar-refractivity contribution in [2.75, 3.05) is 87.7 Å². The third kappa shape index (κ3) is 9.67. The van der Waals surface area contributed by atoms with Crippen molar-refractivity contribution >= 4 is 52.7 Å². The van der Waals surface area contributed by atoms with Gasteiger partial charge in [0, 0.05) is 95.9 Å². The van der Waals surface area contributed by atoms with Gasteiger partial charge in [-0.15, -0.1) is 0 Å². The molecular weight excluding hydrogens is 843 g/mol. The molecule has 352 valence electrons. The predicted molar refractivity (Wildman–Crippen MR) is 247 cm³/mol. The zero-order chi connectivity index (χ0) is 46.0. The Morgan fingerprint density at radius 2 is 1.71 bits per heavy atom. The molecule has 3 aromatic rings. The molecule has 18 nitrogen and oxygen atoms in total. The number of aromatic nitrogens is 2. The number of hydrogen-bond donors (Lipinski definition) is 4. The second kappa shape index (κ2) is 19.5. The lowest BCUT2D eigenvalue weighted by Crippen LogP contribution is -2.51. The topological polar surface area (TPSA) is 210 Å². The van der Waals surface area contributed by atoms with E-state index in [0.29, 0.717) is 50.8 Å². The van der Waals surface area contributed by atoms with Crippen LogP contribution in [0.4, 0.5) is 27.8 Å². The smallest absolute Gasteiger partial charge is 0.320 e. The van der Waals surface area contributed by atoms with Crippen LogP contribution in [0.25, 0.3) is 0 Å². The predicted octanol–water partition coefficient (Wildman–Crippen LogP) is 3.52. The number of likely N-dealkylation sites (tertiary alicyclic amines) is 1. The van der Waals surface area contributed by atoms with Gasteiger partial charge in [-0.1, -0.05) is 18.2 Å². The largest absolute Gasteiger partial charge is 0.381 e. The van der Waals surface area contributed by atoms with E-state index in [9.17, 15) is 29.1 Å². The summed E-state index contributed by atoms with van der Waals surface area (Å²) in [4.78, 5) is 83.7. The minimum atomic E-state index is -0.885. The fourth-order valence-corrected chi connectivity index (χ4v) is 10.9. The van der Waals surface area contributed by atoms with Gasteiger partial charge in [0.05, 0.1) is 31.3 Å². The molecule has 6 aliphatic rings. The van der Waals surface area contributed by atoms with Gasteiger partial charge in [0.1, 0.15) is 12.0 Å². The van der Waals surface area contributed by atoms with Gasteiger partial charge < -0.3 is 45.4 Å². The van der Waals surface area contributed by atoms with E-state index in [-0.39, 0.29) is 47.3 Å². The van der Waals surface area contributed by atoms with Gasteiger partial charge in [0.2, 0.25) is 17.7 Å². The summed E-state index contributed by atoms with van der Waals surface area (Å²) in [5.74, 6) is -0.203. The summed E-state index contributed by atoms with van der Waals surface area (Å²) in [5.41, 5.74) is 10.9. The third-order valence-corrected chi connectivity index (χ3v) is 14.9. The molecule has 5 fully saturated rings. The van der Waals surface area contributed by atoms with Gasteiger partial charge >= 0.3 is 6.03 Å². The lowest BCUT2D eigenvalue weighted by Gasteiger charge is -2.47. The fraction of sp³-hybridized carbons (Fsp3) is 0.562. The number of primary amides is 1. The summed E-state index contributed by atoms with van der Waals surface area (Å²) in [6, 6.07) is 13.6. The molecule has 0 radical (unpaired) electrons. The molecule has 9 rings (SSSR count). The highest BCUT2D eigenvalue weighted by Gasteiger charge is 2.41. The molecule has 0 bridgehead atoms. The van der Waals surface area contributed by atoms with Crippen LogP contribution in [0.15, 0.2) is 48.7 Å². The molecule has 5 N–H and O–H groups in total. The summed E-state index contributed by atoms with van der Waals surface area (Å²) in [5, 5.41) is 16.7. The number of aliphatic hydroxyl groups is 1. The van der Waals surface area contributed by atoms with Crippen molar-refractivity contribution in [3.05, 3.63) is 71.0 Å². The van der Waals surface area contributed by atoms with Crippen molar-refractivity contribution in [3.8, 4) is 0 Å². The number of urea groups is 1. The van der Waals surface area contributed by atoms with Gasteiger partial charge in [-0.05, 0) is 98.6 Å². The Balaban J connectivity index is 0.693. The molecule has 2 unspecified atom stereocenters. The zero-order valence-electron chi connectivity index (χ0n) is 38.0. The molecule has 1 spiro atoms. The molecule has 6 aliphatic heterocycles. The lowest BCUT2D eigenvalue weighted by atomic mass is 9.71. The first-order valence-electron chi connectivity index (χ1n) is 23.7. The molecule has 3 atom stereocenters. The number of aliphatic hydroxyl groups excluding tert-OH is 1. The van der Waals surface area contributed by atoms with Crippen LogP contribution in [-0.4, -0.2) is 149 Å². The maximum Gasteiger partial charge on any atom is 0.320 e. The number of benzene rings is 2. The van der Waals surface area contributed by atoms with Crippen LogP contribution in [0.2, 0.25) is 0 Å². The van der Waals surface area contributed by atoms with Crippen LogP contribution in [0, 0.1) is 5.41 Å². The number of likely N-dealkylation sites (N-methyl/N-ethyl adjacent to an activating group) is 1. The lowest BCUT2D eigenvalue weighted by molar-refractivity contribution is -0.142. The minimum absolute atomic E-state index is 0.0607. The first kappa shape index (κ1) is 45.3. The summed E-state index contributed by atoms with van der Waals surface area (Å²) in [6.07, 6.45) is 9.26. The number of piperidine rings is 4. The number of anilines is 4.